The summed E-state index contributed by atoms with van der Waals surface area (Å²) in [5, 5.41) is 10.9. The van der Waals surface area contributed by atoms with E-state index in [1.54, 1.807) is 30.9 Å². The normalized spacial score (nSPS) is 11.9. The number of fused-ring (bicyclic) bond motifs is 2. The van der Waals surface area contributed by atoms with Gasteiger partial charge in [-0.3, -0.25) is 14.9 Å². The fourth-order valence-electron chi connectivity index (χ4n) is 4.12. The van der Waals surface area contributed by atoms with E-state index >= 15 is 0 Å². The van der Waals surface area contributed by atoms with E-state index in [0.717, 1.165) is 17.0 Å². The van der Waals surface area contributed by atoms with E-state index in [1.807, 2.05) is 16.7 Å². The number of amides is 1. The van der Waals surface area contributed by atoms with Gasteiger partial charge in [0.2, 0.25) is 0 Å². The number of H-pyrrole nitrogens is 1. The quantitative estimate of drug-likeness (QED) is 0.198. The standard InChI is InChI=1S/C27H30FN7O2Si/c1-38(2,3)13-12-37-17-35-16-21(27(36)30-11-8-18-6-9-29-10-7-18)25-26(35)31-15-23(32-25)24-20-5-4-19(28)14-22(20)33-34-24/h4-7,9-10,14-16H,8,11-13,17H2,1-3H3,(H,30,36)(H,33,34). The van der Waals surface area contributed by atoms with Crippen LogP contribution >= 0.6 is 0 Å². The Labute approximate surface area is 220 Å². The predicted molar refractivity (Wildman–Crippen MR) is 147 cm³/mol. The molecule has 11 heteroatoms. The average Bonchev–Trinajstić information content (AvgIpc) is 3.47. The maximum absolute atomic E-state index is 13.7. The van der Waals surface area contributed by atoms with Crippen LogP contribution in [0.3, 0.4) is 0 Å². The number of hydrogen-bond acceptors (Lipinski definition) is 6. The van der Waals surface area contributed by atoms with E-state index in [1.165, 1.54) is 12.1 Å². The van der Waals surface area contributed by atoms with Crippen LogP contribution in [0.2, 0.25) is 25.7 Å². The third-order valence-electron chi connectivity index (χ3n) is 6.25. The summed E-state index contributed by atoms with van der Waals surface area (Å²) in [6.45, 7) is 8.28. The number of pyridine rings is 1. The molecule has 0 unspecified atom stereocenters. The molecule has 0 bridgehead atoms. The zero-order valence-electron chi connectivity index (χ0n) is 21.7. The van der Waals surface area contributed by atoms with Crippen LogP contribution in [0.15, 0.2) is 55.1 Å². The van der Waals surface area contributed by atoms with Crippen molar-refractivity contribution < 1.29 is 13.9 Å². The van der Waals surface area contributed by atoms with Crippen molar-refractivity contribution in [3.8, 4) is 11.4 Å². The highest BCUT2D eigenvalue weighted by Gasteiger charge is 2.20. The zero-order chi connectivity index (χ0) is 26.7. The van der Waals surface area contributed by atoms with Gasteiger partial charge in [-0.15, -0.1) is 0 Å². The lowest BCUT2D eigenvalue weighted by atomic mass is 10.1. The van der Waals surface area contributed by atoms with Crippen LogP contribution in [0.1, 0.15) is 15.9 Å². The molecule has 0 radical (unpaired) electrons. The van der Waals surface area contributed by atoms with Gasteiger partial charge in [0, 0.05) is 45.2 Å². The van der Waals surface area contributed by atoms with E-state index < -0.39 is 8.07 Å². The van der Waals surface area contributed by atoms with E-state index in [2.05, 4.69) is 45.1 Å². The van der Waals surface area contributed by atoms with Crippen LogP contribution in [-0.2, 0) is 17.9 Å². The molecular formula is C27H30FN7O2Si. The van der Waals surface area contributed by atoms with E-state index in [4.69, 9.17) is 9.72 Å². The van der Waals surface area contributed by atoms with Crippen molar-refractivity contribution in [2.45, 2.75) is 38.8 Å². The van der Waals surface area contributed by atoms with E-state index in [9.17, 15) is 9.18 Å². The monoisotopic (exact) mass is 531 g/mol. The second-order valence-corrected chi connectivity index (χ2v) is 16.0. The molecular weight excluding hydrogens is 501 g/mol. The number of hydrogen-bond donors (Lipinski definition) is 2. The fraction of sp³-hybridized carbons (Fsp3) is 0.296. The first-order valence-corrected chi connectivity index (χ1v) is 16.2. The molecule has 0 aliphatic rings. The highest BCUT2D eigenvalue weighted by Crippen LogP contribution is 2.27. The average molecular weight is 532 g/mol. The molecule has 1 aromatic carbocycles. The minimum Gasteiger partial charge on any atom is -0.361 e. The molecule has 0 saturated carbocycles. The summed E-state index contributed by atoms with van der Waals surface area (Å²) in [4.78, 5) is 26.7. The van der Waals surface area contributed by atoms with Crippen molar-refractivity contribution in [2.24, 2.45) is 0 Å². The summed E-state index contributed by atoms with van der Waals surface area (Å²) in [5.74, 6) is -0.600. The first kappa shape index (κ1) is 25.7. The number of nitrogens with zero attached hydrogens (tertiary/aromatic N) is 5. The summed E-state index contributed by atoms with van der Waals surface area (Å²) < 4.78 is 21.4. The van der Waals surface area contributed by atoms with Crippen molar-refractivity contribution in [1.29, 1.82) is 0 Å². The number of aromatic nitrogens is 6. The lowest BCUT2D eigenvalue weighted by Gasteiger charge is -2.15. The van der Waals surface area contributed by atoms with Gasteiger partial charge in [0.25, 0.3) is 5.91 Å². The number of benzene rings is 1. The van der Waals surface area contributed by atoms with Crippen molar-refractivity contribution in [2.75, 3.05) is 13.2 Å². The number of ether oxygens (including phenoxy) is 1. The molecule has 5 rings (SSSR count). The SMILES string of the molecule is C[Si](C)(C)CCOCn1cc(C(=O)NCCc2ccncc2)c2nc(-c3n[nH]c4cc(F)ccc34)cnc21. The van der Waals surface area contributed by atoms with Gasteiger partial charge in [0.05, 0.1) is 17.3 Å². The Morgan fingerprint density at radius 3 is 2.79 bits per heavy atom. The highest BCUT2D eigenvalue weighted by molar-refractivity contribution is 6.76. The summed E-state index contributed by atoms with van der Waals surface area (Å²) in [5.41, 5.74) is 4.08. The molecule has 5 aromatic rings. The zero-order valence-corrected chi connectivity index (χ0v) is 22.7. The molecule has 1 amide bonds. The third-order valence-corrected chi connectivity index (χ3v) is 7.96. The van der Waals surface area contributed by atoms with E-state index in [0.29, 0.717) is 53.2 Å². The maximum atomic E-state index is 13.7. The van der Waals surface area contributed by atoms with Gasteiger partial charge in [-0.05, 0) is 48.4 Å². The van der Waals surface area contributed by atoms with Gasteiger partial charge in [-0.25, -0.2) is 14.4 Å². The van der Waals surface area contributed by atoms with Gasteiger partial charge in [-0.1, -0.05) is 19.6 Å². The van der Waals surface area contributed by atoms with Gasteiger partial charge in [0.1, 0.15) is 29.5 Å². The second-order valence-electron chi connectivity index (χ2n) is 10.4. The van der Waals surface area contributed by atoms with Gasteiger partial charge in [0.15, 0.2) is 5.65 Å². The molecule has 0 atom stereocenters. The van der Waals surface area contributed by atoms with Gasteiger partial charge in [-0.2, -0.15) is 5.10 Å². The molecule has 4 aromatic heterocycles. The lowest BCUT2D eigenvalue weighted by molar-refractivity contribution is 0.0892. The van der Waals surface area contributed by atoms with Crippen molar-refractivity contribution in [3.63, 3.8) is 0 Å². The molecule has 0 aliphatic carbocycles. The van der Waals surface area contributed by atoms with Crippen LogP contribution in [0.25, 0.3) is 33.5 Å². The van der Waals surface area contributed by atoms with Gasteiger partial charge < -0.3 is 14.6 Å². The fourth-order valence-corrected chi connectivity index (χ4v) is 4.88. The second kappa shape index (κ2) is 10.8. The summed E-state index contributed by atoms with van der Waals surface area (Å²) in [7, 11) is -1.23. The third kappa shape index (κ3) is 5.79. The van der Waals surface area contributed by atoms with Crippen molar-refractivity contribution in [3.05, 3.63) is 72.1 Å². The first-order valence-electron chi connectivity index (χ1n) is 12.5. The summed E-state index contributed by atoms with van der Waals surface area (Å²) in [6, 6.07) is 9.30. The minimum absolute atomic E-state index is 0.245. The molecule has 0 spiro atoms. The number of nitrogens with one attached hydrogen (secondary N) is 2. The number of rotatable bonds is 10. The Hall–Kier alpha value is -3.96. The van der Waals surface area contributed by atoms with Crippen LogP contribution in [0.5, 0.6) is 0 Å². The molecule has 38 heavy (non-hydrogen) atoms. The Kier molecular flexibility index (Phi) is 7.30. The smallest absolute Gasteiger partial charge is 0.255 e. The van der Waals surface area contributed by atoms with E-state index in [-0.39, 0.29) is 18.5 Å². The predicted octanol–water partition coefficient (Wildman–Crippen LogP) is 4.79. The Bertz CT molecular complexity index is 1580. The van der Waals surface area contributed by atoms with Crippen LogP contribution in [-0.4, -0.2) is 56.8 Å². The largest absolute Gasteiger partial charge is 0.361 e. The molecule has 196 valence electrons. The van der Waals surface area contributed by atoms with Crippen molar-refractivity contribution in [1.82, 2.24) is 35.0 Å². The molecule has 0 fully saturated rings. The summed E-state index contributed by atoms with van der Waals surface area (Å²) >= 11 is 0. The molecule has 0 aliphatic heterocycles. The van der Waals surface area contributed by atoms with Crippen LogP contribution < -0.4 is 5.32 Å². The lowest BCUT2D eigenvalue weighted by Crippen LogP contribution is -2.25. The maximum Gasteiger partial charge on any atom is 0.255 e. The summed E-state index contributed by atoms with van der Waals surface area (Å²) in [6.07, 6.45) is 7.50. The molecule has 9 nitrogen and oxygen atoms in total. The Morgan fingerprint density at radius 1 is 1.18 bits per heavy atom. The first-order chi connectivity index (χ1) is 18.3. The Morgan fingerprint density at radius 2 is 2.00 bits per heavy atom. The molecule has 2 N–H and O–H groups in total. The van der Waals surface area contributed by atoms with Crippen LogP contribution in [0, 0.1) is 5.82 Å². The molecule has 4 heterocycles. The number of carbonyl (C=O) groups is 1. The van der Waals surface area contributed by atoms with Gasteiger partial charge >= 0.3 is 0 Å². The highest BCUT2D eigenvalue weighted by atomic mass is 28.3. The topological polar surface area (TPSA) is 111 Å². The number of halogens is 1. The Balaban J connectivity index is 1.44. The minimum atomic E-state index is -1.23. The number of aromatic amines is 1. The number of carbonyl (C=O) groups excluding carboxylic acids is 1. The molecule has 0 saturated heterocycles. The van der Waals surface area contributed by atoms with Crippen LogP contribution in [0.4, 0.5) is 4.39 Å². The van der Waals surface area contributed by atoms with Crippen molar-refractivity contribution >= 4 is 36.0 Å².